The van der Waals surface area contributed by atoms with Crippen molar-refractivity contribution in [1.29, 1.82) is 11.1 Å². The Balaban J connectivity index is 0.000000329. The minimum absolute atomic E-state index is 1.31. The van der Waals surface area contributed by atoms with Gasteiger partial charge in [0.15, 0.2) is 0 Å². The van der Waals surface area contributed by atoms with Crippen LogP contribution in [0, 0.1) is 11.1 Å². The summed E-state index contributed by atoms with van der Waals surface area (Å²) in [7, 11) is 0. The van der Waals surface area contributed by atoms with Crippen LogP contribution in [0.5, 0.6) is 0 Å². The summed E-state index contributed by atoms with van der Waals surface area (Å²) in [6.07, 6.45) is 0. The molecule has 3 nitrogen and oxygen atoms in total. The molecule has 0 spiro atoms. The van der Waals surface area contributed by atoms with Crippen LogP contribution in [0.1, 0.15) is 0 Å². The van der Waals surface area contributed by atoms with Gasteiger partial charge in [0.1, 0.15) is 11.1 Å². The third-order valence-electron chi connectivity index (χ3n) is 2.61. The summed E-state index contributed by atoms with van der Waals surface area (Å²) in [6, 6.07) is 21.4. The number of nitrogens with one attached hydrogen (secondary N) is 2. The topological polar surface area (TPSA) is 61.8 Å². The number of hydrogen-bond donors (Lipinski definition) is 2. The predicted octanol–water partition coefficient (Wildman–Crippen LogP) is 4.11. The summed E-state index contributed by atoms with van der Waals surface area (Å²) in [4.78, 5) is 2.00. The molecule has 0 aromatic heterocycles. The Bertz CT molecular complexity index is 578. The second kappa shape index (κ2) is 5.01. The maximum atomic E-state index is 5.50. The molecule has 3 rings (SSSR count). The van der Waals surface area contributed by atoms with Gasteiger partial charge in [-0.2, -0.15) is 0 Å². The van der Waals surface area contributed by atoms with Crippen molar-refractivity contribution in [2.75, 3.05) is 0 Å². The van der Waals surface area contributed by atoms with E-state index in [9.17, 15) is 0 Å². The molecule has 3 aromatic carbocycles. The lowest BCUT2D eigenvalue weighted by atomic mass is 10.0. The zero-order valence-corrected chi connectivity index (χ0v) is 9.22. The van der Waals surface area contributed by atoms with Gasteiger partial charge in [-0.25, -0.2) is 0 Å². The van der Waals surface area contributed by atoms with Crippen LogP contribution < -0.4 is 4.91 Å². The van der Waals surface area contributed by atoms with E-state index in [1.165, 1.54) is 21.5 Å². The highest BCUT2D eigenvalue weighted by Crippen LogP contribution is 2.21. The summed E-state index contributed by atoms with van der Waals surface area (Å²) in [6.45, 7) is 0. The maximum Gasteiger partial charge on any atom is 0.211 e. The first-order valence-corrected chi connectivity index (χ1v) is 5.26. The van der Waals surface area contributed by atoms with E-state index in [0.717, 1.165) is 0 Å². The van der Waals surface area contributed by atoms with E-state index in [4.69, 9.17) is 11.1 Å². The molecule has 0 aliphatic carbocycles. The summed E-state index contributed by atoms with van der Waals surface area (Å²) >= 11 is 0. The molecular formula is C14H12N3+. The van der Waals surface area contributed by atoms with Gasteiger partial charge in [0.25, 0.3) is 0 Å². The van der Waals surface area contributed by atoms with Crippen molar-refractivity contribution < 1.29 is 0 Å². The van der Waals surface area contributed by atoms with Gasteiger partial charge >= 0.3 is 0 Å². The largest absolute Gasteiger partial charge is 0.211 e. The van der Waals surface area contributed by atoms with Gasteiger partial charge in [-0.05, 0) is 33.7 Å². The van der Waals surface area contributed by atoms with Gasteiger partial charge < -0.3 is 0 Å². The molecule has 0 bridgehead atoms. The van der Waals surface area contributed by atoms with Crippen LogP contribution >= 0.6 is 0 Å². The molecule has 3 aromatic rings. The van der Waals surface area contributed by atoms with E-state index in [1.807, 2.05) is 4.91 Å². The maximum absolute atomic E-state index is 5.50. The van der Waals surface area contributed by atoms with Gasteiger partial charge in [0.05, 0.1) is 0 Å². The third-order valence-corrected chi connectivity index (χ3v) is 2.61. The predicted molar refractivity (Wildman–Crippen MR) is 69.0 cm³/mol. The molecule has 3 heteroatoms. The monoisotopic (exact) mass is 222 g/mol. The number of benzene rings is 3. The fourth-order valence-corrected chi connectivity index (χ4v) is 1.88. The highest BCUT2D eigenvalue weighted by molar-refractivity contribution is 5.97. The van der Waals surface area contributed by atoms with Gasteiger partial charge in [0.2, 0.25) is 4.91 Å². The van der Waals surface area contributed by atoms with Crippen molar-refractivity contribution in [3.63, 3.8) is 0 Å². The summed E-state index contributed by atoms with van der Waals surface area (Å²) in [5, 5.41) is 5.25. The van der Waals surface area contributed by atoms with Crippen molar-refractivity contribution in [2.45, 2.75) is 0 Å². The normalized spacial score (nSPS) is 9.41. The summed E-state index contributed by atoms with van der Waals surface area (Å²) < 4.78 is 0. The Morgan fingerprint density at radius 3 is 1.06 bits per heavy atom. The summed E-state index contributed by atoms with van der Waals surface area (Å²) in [5.41, 5.74) is 11.0. The van der Waals surface area contributed by atoms with Crippen LogP contribution in [-0.2, 0) is 0 Å². The van der Waals surface area contributed by atoms with E-state index in [2.05, 4.69) is 60.7 Å². The molecule has 0 atom stereocenters. The van der Waals surface area contributed by atoms with E-state index < -0.39 is 0 Å². The van der Waals surface area contributed by atoms with Crippen molar-refractivity contribution in [3.8, 4) is 0 Å². The quantitative estimate of drug-likeness (QED) is 0.326. The molecular weight excluding hydrogens is 210 g/mol. The minimum atomic E-state index is 1.31. The lowest BCUT2D eigenvalue weighted by Crippen LogP contribution is -1.74. The Morgan fingerprint density at radius 1 is 0.588 bits per heavy atom. The Hall–Kier alpha value is -2.51. The number of nitrogens with zero attached hydrogens (tertiary/aromatic N) is 1. The Morgan fingerprint density at radius 2 is 0.824 bits per heavy atom. The molecule has 0 fully saturated rings. The zero-order valence-electron chi connectivity index (χ0n) is 9.22. The molecule has 0 saturated carbocycles. The van der Waals surface area contributed by atoms with Crippen molar-refractivity contribution in [2.24, 2.45) is 0 Å². The van der Waals surface area contributed by atoms with Crippen LogP contribution in [0.25, 0.3) is 21.5 Å². The van der Waals surface area contributed by atoms with Crippen LogP contribution in [0.4, 0.5) is 0 Å². The van der Waals surface area contributed by atoms with Crippen LogP contribution in [0.2, 0.25) is 0 Å². The third kappa shape index (κ3) is 2.36. The van der Waals surface area contributed by atoms with Crippen LogP contribution in [0.15, 0.2) is 60.7 Å². The molecule has 0 radical (unpaired) electrons. The Labute approximate surface area is 98.7 Å². The first-order chi connectivity index (χ1) is 8.35. The van der Waals surface area contributed by atoms with Gasteiger partial charge in [0, 0.05) is 0 Å². The molecule has 2 N–H and O–H groups in total. The molecule has 17 heavy (non-hydrogen) atoms. The standard InChI is InChI=1S/C14H10.H2N3/c1-2-6-12-10-14-8-4-3-7-13(14)9-11(12)5-1;1-3-2/h1-10H;1-2H/q;+1. The van der Waals surface area contributed by atoms with Crippen molar-refractivity contribution in [1.82, 2.24) is 4.91 Å². The van der Waals surface area contributed by atoms with Gasteiger partial charge in [-0.15, -0.1) is 0 Å². The molecule has 0 aliphatic heterocycles. The zero-order chi connectivity index (χ0) is 12.1. The first kappa shape index (κ1) is 11.0. The summed E-state index contributed by atoms with van der Waals surface area (Å²) in [5.74, 6) is 0. The molecule has 0 unspecified atom stereocenters. The number of fused-ring (bicyclic) bond motifs is 2. The molecule has 0 saturated heterocycles. The van der Waals surface area contributed by atoms with Crippen molar-refractivity contribution in [3.05, 3.63) is 60.7 Å². The average Bonchev–Trinajstić information content (AvgIpc) is 2.37. The van der Waals surface area contributed by atoms with E-state index >= 15 is 0 Å². The molecule has 82 valence electrons. The minimum Gasteiger partial charge on any atom is -0.0616 e. The smallest absolute Gasteiger partial charge is 0.0616 e. The fraction of sp³-hybridized carbons (Fsp3) is 0. The Kier molecular flexibility index (Phi) is 3.24. The highest BCUT2D eigenvalue weighted by atomic mass is 15.0. The lowest BCUT2D eigenvalue weighted by Gasteiger charge is -2.00. The molecule has 0 amide bonds. The second-order valence-corrected chi connectivity index (χ2v) is 3.66. The first-order valence-electron chi connectivity index (χ1n) is 5.26. The van der Waals surface area contributed by atoms with Gasteiger partial charge in [-0.3, -0.25) is 0 Å². The second-order valence-electron chi connectivity index (χ2n) is 3.66. The number of hydrogen-bond acceptors (Lipinski definition) is 2. The van der Waals surface area contributed by atoms with Crippen LogP contribution in [-0.4, -0.2) is 0 Å². The molecule has 0 aliphatic rings. The van der Waals surface area contributed by atoms with Crippen molar-refractivity contribution >= 4 is 21.5 Å². The fourth-order valence-electron chi connectivity index (χ4n) is 1.88. The highest BCUT2D eigenvalue weighted by Gasteiger charge is 1.95. The SMILES string of the molecule is N=[N+]=N.c1ccc2cc3ccccc3cc2c1. The van der Waals surface area contributed by atoms with Gasteiger partial charge in [-0.1, -0.05) is 48.5 Å². The molecule has 0 heterocycles. The average molecular weight is 222 g/mol. The van der Waals surface area contributed by atoms with E-state index in [-0.39, 0.29) is 0 Å². The van der Waals surface area contributed by atoms with Crippen LogP contribution in [0.3, 0.4) is 0 Å². The van der Waals surface area contributed by atoms with E-state index in [1.54, 1.807) is 0 Å². The number of rotatable bonds is 0. The lowest BCUT2D eigenvalue weighted by molar-refractivity contribution is 0.928. The van der Waals surface area contributed by atoms with E-state index in [0.29, 0.717) is 0 Å².